The van der Waals surface area contributed by atoms with Crippen molar-refractivity contribution in [3.63, 3.8) is 0 Å². The zero-order valence-corrected chi connectivity index (χ0v) is 18.2. The third-order valence-electron chi connectivity index (χ3n) is 5.76. The van der Waals surface area contributed by atoms with Gasteiger partial charge in [0.1, 0.15) is 11.4 Å². The standard InChI is InChI=1S/C25H29N3O3/c1-3-17-31-21-13-7-18(8-14-21)22-23(25(30)27(2)24(22)29)26-19-9-11-20(12-10-19)28-15-5-4-6-16-28/h7-14,26H,3-6,15-17H2,1-2H3. The molecule has 6 nitrogen and oxygen atoms in total. The molecule has 31 heavy (non-hydrogen) atoms. The quantitative estimate of drug-likeness (QED) is 0.679. The maximum atomic E-state index is 12.8. The number of nitrogens with zero attached hydrogens (tertiary/aromatic N) is 2. The van der Waals surface area contributed by atoms with E-state index in [1.807, 2.05) is 36.4 Å². The van der Waals surface area contributed by atoms with Crippen molar-refractivity contribution >= 4 is 28.8 Å². The van der Waals surface area contributed by atoms with E-state index in [1.165, 1.54) is 32.0 Å². The number of likely N-dealkylation sites (N-methyl/N-ethyl adjacent to an activating group) is 1. The second kappa shape index (κ2) is 9.25. The van der Waals surface area contributed by atoms with Crippen LogP contribution >= 0.6 is 0 Å². The molecule has 0 unspecified atom stereocenters. The monoisotopic (exact) mass is 419 g/mol. The maximum absolute atomic E-state index is 12.8. The average molecular weight is 420 g/mol. The third-order valence-corrected chi connectivity index (χ3v) is 5.76. The number of amides is 2. The zero-order valence-electron chi connectivity index (χ0n) is 18.2. The predicted octanol–water partition coefficient (Wildman–Crippen LogP) is 4.29. The first-order valence-electron chi connectivity index (χ1n) is 11.0. The van der Waals surface area contributed by atoms with Gasteiger partial charge in [0.15, 0.2) is 0 Å². The molecule has 4 rings (SSSR count). The van der Waals surface area contributed by atoms with Crippen LogP contribution in [-0.4, -0.2) is 43.5 Å². The molecule has 0 spiro atoms. The number of imide groups is 1. The van der Waals surface area contributed by atoms with Crippen molar-refractivity contribution < 1.29 is 14.3 Å². The molecule has 6 heteroatoms. The summed E-state index contributed by atoms with van der Waals surface area (Å²) in [5, 5.41) is 3.20. The molecule has 2 aliphatic heterocycles. The van der Waals surface area contributed by atoms with Crippen LogP contribution in [0.2, 0.25) is 0 Å². The number of hydrogen-bond donors (Lipinski definition) is 1. The number of carbonyl (C=O) groups is 2. The van der Waals surface area contributed by atoms with Crippen LogP contribution in [0.15, 0.2) is 54.2 Å². The van der Waals surface area contributed by atoms with Crippen molar-refractivity contribution in [1.29, 1.82) is 0 Å². The van der Waals surface area contributed by atoms with Gasteiger partial charge in [-0.3, -0.25) is 14.5 Å². The van der Waals surface area contributed by atoms with E-state index in [2.05, 4.69) is 29.3 Å². The minimum absolute atomic E-state index is 0.306. The summed E-state index contributed by atoms with van der Waals surface area (Å²) in [5.41, 5.74) is 3.36. The molecule has 1 saturated heterocycles. The Balaban J connectivity index is 1.58. The lowest BCUT2D eigenvalue weighted by atomic mass is 10.0. The van der Waals surface area contributed by atoms with Crippen molar-refractivity contribution in [3.05, 3.63) is 59.8 Å². The minimum atomic E-state index is -0.327. The normalized spacial score (nSPS) is 16.8. The number of anilines is 2. The average Bonchev–Trinajstić information content (AvgIpc) is 3.02. The first-order valence-corrected chi connectivity index (χ1v) is 11.0. The molecule has 2 aromatic rings. The summed E-state index contributed by atoms with van der Waals surface area (Å²) in [7, 11) is 1.51. The van der Waals surface area contributed by atoms with Gasteiger partial charge in [-0.25, -0.2) is 0 Å². The van der Waals surface area contributed by atoms with Gasteiger partial charge in [-0.1, -0.05) is 19.1 Å². The summed E-state index contributed by atoms with van der Waals surface area (Å²) in [6, 6.07) is 15.4. The first kappa shape index (κ1) is 21.0. The number of rotatable bonds is 7. The Bertz CT molecular complexity index is 974. The highest BCUT2D eigenvalue weighted by Crippen LogP contribution is 2.31. The fourth-order valence-corrected chi connectivity index (χ4v) is 4.02. The summed E-state index contributed by atoms with van der Waals surface area (Å²) >= 11 is 0. The lowest BCUT2D eigenvalue weighted by Gasteiger charge is -2.28. The largest absolute Gasteiger partial charge is 0.494 e. The van der Waals surface area contributed by atoms with Crippen molar-refractivity contribution in [2.45, 2.75) is 32.6 Å². The number of ether oxygens (including phenoxy) is 1. The SMILES string of the molecule is CCCOc1ccc(C2=C(Nc3ccc(N4CCCCC4)cc3)C(=O)N(C)C2=O)cc1. The second-order valence-corrected chi connectivity index (χ2v) is 8.01. The summed E-state index contributed by atoms with van der Waals surface area (Å²) in [5.74, 6) is 0.116. The lowest BCUT2D eigenvalue weighted by Crippen LogP contribution is -2.29. The molecule has 0 aromatic heterocycles. The van der Waals surface area contributed by atoms with E-state index < -0.39 is 0 Å². The smallest absolute Gasteiger partial charge is 0.277 e. The molecule has 0 radical (unpaired) electrons. The van der Waals surface area contributed by atoms with E-state index in [9.17, 15) is 9.59 Å². The van der Waals surface area contributed by atoms with E-state index in [4.69, 9.17) is 4.74 Å². The molecule has 1 N–H and O–H groups in total. The van der Waals surface area contributed by atoms with Gasteiger partial charge in [0.2, 0.25) is 0 Å². The molecule has 2 aliphatic rings. The molecule has 0 aliphatic carbocycles. The Kier molecular flexibility index (Phi) is 6.26. The first-order chi connectivity index (χ1) is 15.1. The van der Waals surface area contributed by atoms with Crippen molar-refractivity contribution in [1.82, 2.24) is 4.90 Å². The van der Waals surface area contributed by atoms with E-state index in [0.29, 0.717) is 23.4 Å². The second-order valence-electron chi connectivity index (χ2n) is 8.01. The van der Waals surface area contributed by atoms with Crippen LogP contribution in [0, 0.1) is 0 Å². The molecule has 2 aromatic carbocycles. The highest BCUT2D eigenvalue weighted by molar-refractivity contribution is 6.36. The molecule has 1 fully saturated rings. The Morgan fingerprint density at radius 2 is 1.58 bits per heavy atom. The number of nitrogens with one attached hydrogen (secondary N) is 1. The van der Waals surface area contributed by atoms with Crippen molar-refractivity contribution in [3.8, 4) is 5.75 Å². The predicted molar refractivity (Wildman–Crippen MR) is 123 cm³/mol. The minimum Gasteiger partial charge on any atom is -0.494 e. The summed E-state index contributed by atoms with van der Waals surface area (Å²) in [4.78, 5) is 29.1. The topological polar surface area (TPSA) is 61.9 Å². The van der Waals surface area contributed by atoms with Crippen LogP contribution in [0.1, 0.15) is 38.2 Å². The molecule has 2 heterocycles. The molecule has 2 amide bonds. The van der Waals surface area contributed by atoms with Gasteiger partial charge < -0.3 is 15.0 Å². The Morgan fingerprint density at radius 1 is 0.903 bits per heavy atom. The van der Waals surface area contributed by atoms with Crippen LogP contribution in [-0.2, 0) is 9.59 Å². The summed E-state index contributed by atoms with van der Waals surface area (Å²) in [6.45, 7) is 4.85. The molecule has 0 atom stereocenters. The fourth-order valence-electron chi connectivity index (χ4n) is 4.02. The highest BCUT2D eigenvalue weighted by atomic mass is 16.5. The number of piperidine rings is 1. The van der Waals surface area contributed by atoms with Gasteiger partial charge in [0.05, 0.1) is 12.2 Å². The van der Waals surface area contributed by atoms with Crippen LogP contribution in [0.25, 0.3) is 5.57 Å². The van der Waals surface area contributed by atoms with Gasteiger partial charge in [0, 0.05) is 31.5 Å². The maximum Gasteiger partial charge on any atom is 0.277 e. The van der Waals surface area contributed by atoms with Gasteiger partial charge >= 0.3 is 0 Å². The summed E-state index contributed by atoms with van der Waals surface area (Å²) < 4.78 is 5.63. The van der Waals surface area contributed by atoms with E-state index in [0.717, 1.165) is 35.8 Å². The van der Waals surface area contributed by atoms with Crippen molar-refractivity contribution in [2.75, 3.05) is 37.0 Å². The number of hydrogen-bond acceptors (Lipinski definition) is 5. The van der Waals surface area contributed by atoms with Crippen molar-refractivity contribution in [2.24, 2.45) is 0 Å². The Labute approximate surface area is 183 Å². The lowest BCUT2D eigenvalue weighted by molar-refractivity contribution is -0.135. The molecule has 0 bridgehead atoms. The third kappa shape index (κ3) is 4.43. The van der Waals surface area contributed by atoms with E-state index in [-0.39, 0.29) is 11.8 Å². The van der Waals surface area contributed by atoms with Crippen LogP contribution in [0.5, 0.6) is 5.75 Å². The van der Waals surface area contributed by atoms with Crippen LogP contribution < -0.4 is 15.0 Å². The molecular formula is C25H29N3O3. The number of benzene rings is 2. The Hall–Kier alpha value is -3.28. The van der Waals surface area contributed by atoms with Gasteiger partial charge in [-0.2, -0.15) is 0 Å². The Morgan fingerprint density at radius 3 is 2.23 bits per heavy atom. The van der Waals surface area contributed by atoms with E-state index >= 15 is 0 Å². The molecule has 162 valence electrons. The molecular weight excluding hydrogens is 390 g/mol. The zero-order chi connectivity index (χ0) is 21.8. The molecule has 0 saturated carbocycles. The van der Waals surface area contributed by atoms with Gasteiger partial charge in [-0.05, 0) is 67.6 Å². The fraction of sp³-hybridized carbons (Fsp3) is 0.360. The van der Waals surface area contributed by atoms with E-state index in [1.54, 1.807) is 0 Å². The van der Waals surface area contributed by atoms with Gasteiger partial charge in [0.25, 0.3) is 11.8 Å². The number of carbonyl (C=O) groups excluding carboxylic acids is 2. The summed E-state index contributed by atoms with van der Waals surface area (Å²) in [6.07, 6.45) is 4.67. The van der Waals surface area contributed by atoms with Crippen LogP contribution in [0.3, 0.4) is 0 Å². The highest BCUT2D eigenvalue weighted by Gasteiger charge is 2.36. The van der Waals surface area contributed by atoms with Crippen LogP contribution in [0.4, 0.5) is 11.4 Å². The van der Waals surface area contributed by atoms with Gasteiger partial charge in [-0.15, -0.1) is 0 Å².